The molecule has 2 heterocycles. The molecule has 2 aromatic heterocycles. The van der Waals surface area contributed by atoms with E-state index in [1.807, 2.05) is 0 Å². The molecule has 0 saturated carbocycles. The van der Waals surface area contributed by atoms with Crippen molar-refractivity contribution in [3.63, 3.8) is 0 Å². The molecule has 4 aromatic carbocycles. The van der Waals surface area contributed by atoms with Crippen molar-refractivity contribution in [1.82, 2.24) is 19.9 Å². The predicted molar refractivity (Wildman–Crippen MR) is 335 cm³/mol. The number of phenolic OH excluding ortho intramolecular Hbond substituents is 1. The third kappa shape index (κ3) is 39.4. The fourth-order valence-corrected chi connectivity index (χ4v) is 7.38. The summed E-state index contributed by atoms with van der Waals surface area (Å²) in [6.07, 6.45) is 3.83. The van der Waals surface area contributed by atoms with E-state index in [9.17, 15) is 23.5 Å². The van der Waals surface area contributed by atoms with Gasteiger partial charge in [0.25, 0.3) is 6.47 Å². The molecular formula is C61H84Cl2F2K2N6O21. The van der Waals surface area contributed by atoms with Gasteiger partial charge in [-0.15, -0.1) is 0 Å². The number of ether oxygens (including phenoxy) is 15. The van der Waals surface area contributed by atoms with Gasteiger partial charge in [0.1, 0.15) is 55.7 Å². The molecule has 0 saturated heterocycles. The van der Waals surface area contributed by atoms with Crippen LogP contribution in [0, 0.1) is 11.6 Å². The summed E-state index contributed by atoms with van der Waals surface area (Å²) in [5.41, 5.74) is 2.38. The first kappa shape index (κ1) is 90.0. The van der Waals surface area contributed by atoms with Gasteiger partial charge in [0.2, 0.25) is 0 Å². The molecule has 94 heavy (non-hydrogen) atoms. The van der Waals surface area contributed by atoms with Gasteiger partial charge in [0, 0.05) is 40.9 Å². The average Bonchev–Trinajstić information content (AvgIpc) is 0.807. The summed E-state index contributed by atoms with van der Waals surface area (Å²) in [4.78, 5) is 50.2. The molecular weight excluding hydrogens is 1340 g/mol. The Morgan fingerprint density at radius 1 is 0.521 bits per heavy atom. The molecule has 6 aromatic rings. The van der Waals surface area contributed by atoms with Crippen molar-refractivity contribution in [2.75, 3.05) is 177 Å². The van der Waals surface area contributed by atoms with Crippen molar-refractivity contribution in [1.29, 1.82) is 0 Å². The number of aromatic nitrogens is 4. The molecule has 0 bridgehead atoms. The number of methoxy groups -OCH3 is 2. The van der Waals surface area contributed by atoms with E-state index >= 15 is 0 Å². The second-order valence-corrected chi connectivity index (χ2v) is 18.5. The number of esters is 2. The zero-order valence-corrected chi connectivity index (χ0v) is 61.1. The molecule has 33 heteroatoms. The zero-order chi connectivity index (χ0) is 66.1. The third-order valence-electron chi connectivity index (χ3n) is 11.1. The zero-order valence-electron chi connectivity index (χ0n) is 54.4. The number of carbonyl (C=O) groups excluding carboxylic acids is 3. The number of carbonyl (C=O) groups is 3. The van der Waals surface area contributed by atoms with E-state index in [0.717, 1.165) is 13.0 Å². The first-order valence-electron chi connectivity index (χ1n) is 28.5. The van der Waals surface area contributed by atoms with Crippen LogP contribution in [0.4, 0.5) is 31.8 Å². The van der Waals surface area contributed by atoms with Crippen LogP contribution in [0.3, 0.4) is 0 Å². The van der Waals surface area contributed by atoms with Crippen LogP contribution in [0.25, 0.3) is 21.8 Å². The number of halogens is 4. The largest absolute Gasteiger partial charge is 1.00 e. The Morgan fingerprint density at radius 2 is 0.872 bits per heavy atom. The van der Waals surface area contributed by atoms with Gasteiger partial charge in [0.15, 0.2) is 23.0 Å². The second kappa shape index (κ2) is 58.0. The Kier molecular flexibility index (Phi) is 55.6. The number of nitrogens with one attached hydrogen (secondary N) is 2. The maximum Gasteiger partial charge on any atom is 1.00 e. The molecule has 0 aliphatic heterocycles. The number of rotatable bonds is 43. The second-order valence-electron chi connectivity index (χ2n) is 17.7. The SMILES string of the molecule is C.CCCOCCOCCOCCOCCOCC(=O)OCC.CCOC(=O)COCCOCCOCCOCCOCCOc1cc2c(Nc3ccc(F)c(Cl)c3)ncnc2cc1OC.COc1cc2ncnc(Nc3ccc(F)c(Cl)c3)c2cc1O.O=CO[O-].[H-].[K+].[K+]. The van der Waals surface area contributed by atoms with E-state index in [-0.39, 0.29) is 166 Å². The Balaban J connectivity index is 0. The standard InChI is InChI=1S/C29H37ClFN3O9.C15H11ClFN3O2.C15H30O7.CH2O3.CH4.2K.H/c1-3-42-28(35)19-41-13-12-39-9-8-37-6-7-38-10-11-40-14-15-43-27-17-22-25(18-26(27)36-2)32-20-33-29(22)34-21-4-5-24(31)23(30)16-21;1-22-14-6-12-9(5-13(14)21)15(19-7-18-12)20-8-2-3-11(17)10(16)4-8;1-3-5-17-6-7-18-8-9-19-10-11-20-12-13-21-14-15(16)22-4-2;2-1-4-3;;;;/h4-5,16-18,20H,3,6-15,19H2,1-2H3,(H,32,33,34);2-7,21H,1H3,(H,18,19,20);3-14H2,1-2H3;1,3H;1H4;;;/q;;;;;2*+1;-1/p-1. The van der Waals surface area contributed by atoms with E-state index in [2.05, 4.69) is 42.4 Å². The van der Waals surface area contributed by atoms with Gasteiger partial charge < -0.3 is 98.4 Å². The van der Waals surface area contributed by atoms with Gasteiger partial charge in [-0.3, -0.25) is 4.79 Å². The van der Waals surface area contributed by atoms with Crippen LogP contribution in [-0.4, -0.2) is 210 Å². The predicted octanol–water partition coefficient (Wildman–Crippen LogP) is 2.31. The van der Waals surface area contributed by atoms with Crippen LogP contribution in [0.2, 0.25) is 10.0 Å². The molecule has 0 unspecified atom stereocenters. The molecule has 0 radical (unpaired) electrons. The molecule has 6 rings (SSSR count). The van der Waals surface area contributed by atoms with E-state index in [1.54, 1.807) is 51.3 Å². The van der Waals surface area contributed by atoms with Gasteiger partial charge in [-0.25, -0.2) is 38.3 Å². The minimum Gasteiger partial charge on any atom is -1.00 e. The van der Waals surface area contributed by atoms with Gasteiger partial charge in [0.05, 0.1) is 161 Å². The number of anilines is 4. The summed E-state index contributed by atoms with van der Waals surface area (Å²) in [7, 11) is 3.01. The Labute approximate surface area is 642 Å². The number of phenols is 1. The Morgan fingerprint density at radius 3 is 1.22 bits per heavy atom. The van der Waals surface area contributed by atoms with Crippen LogP contribution in [0.5, 0.6) is 23.0 Å². The number of aromatic hydroxyl groups is 1. The number of fused-ring (bicyclic) bond motifs is 2. The fourth-order valence-electron chi connectivity index (χ4n) is 7.02. The molecule has 0 aliphatic rings. The Hall–Kier alpha value is -3.96. The first-order valence-corrected chi connectivity index (χ1v) is 29.3. The van der Waals surface area contributed by atoms with E-state index < -0.39 is 11.6 Å². The Bertz CT molecular complexity index is 3010. The normalized spacial score (nSPS) is 10.3. The smallest absolute Gasteiger partial charge is 1.00 e. The van der Waals surface area contributed by atoms with Gasteiger partial charge in [-0.2, -0.15) is 0 Å². The van der Waals surface area contributed by atoms with E-state index in [4.69, 9.17) is 104 Å². The van der Waals surface area contributed by atoms with Crippen molar-refractivity contribution in [2.24, 2.45) is 0 Å². The molecule has 514 valence electrons. The van der Waals surface area contributed by atoms with Crippen LogP contribution in [0.15, 0.2) is 73.3 Å². The van der Waals surface area contributed by atoms with E-state index in [0.29, 0.717) is 188 Å². The molecule has 0 amide bonds. The summed E-state index contributed by atoms with van der Waals surface area (Å²) >= 11 is 11.7. The molecule has 0 fully saturated rings. The maximum atomic E-state index is 13.5. The van der Waals surface area contributed by atoms with Crippen molar-refractivity contribution in [3.8, 4) is 23.0 Å². The van der Waals surface area contributed by atoms with Crippen molar-refractivity contribution >= 4 is 86.4 Å². The average molecular weight is 1420 g/mol. The van der Waals surface area contributed by atoms with Crippen molar-refractivity contribution in [3.05, 3.63) is 95.0 Å². The number of hydrogen-bond donors (Lipinski definition) is 3. The van der Waals surface area contributed by atoms with Crippen LogP contribution in [-0.2, 0) is 76.1 Å². The number of nitrogens with zero attached hydrogens (tertiary/aromatic N) is 4. The molecule has 0 atom stereocenters. The van der Waals surface area contributed by atoms with Gasteiger partial charge in [-0.05, 0) is 68.8 Å². The summed E-state index contributed by atoms with van der Waals surface area (Å²) in [5.74, 6) is 0.526. The summed E-state index contributed by atoms with van der Waals surface area (Å²) in [6, 6.07) is 15.2. The third-order valence-corrected chi connectivity index (χ3v) is 11.7. The summed E-state index contributed by atoms with van der Waals surface area (Å²) in [5, 5.41) is 25.8. The van der Waals surface area contributed by atoms with Crippen LogP contribution < -0.4 is 133 Å². The van der Waals surface area contributed by atoms with E-state index in [1.165, 1.54) is 50.1 Å². The van der Waals surface area contributed by atoms with Crippen molar-refractivity contribution in [2.45, 2.75) is 34.6 Å². The molecule has 27 nitrogen and oxygen atoms in total. The molecule has 3 N–H and O–H groups in total. The molecule has 0 aliphatic carbocycles. The minimum atomic E-state index is -0.505. The number of benzene rings is 4. The molecule has 0 spiro atoms. The van der Waals surface area contributed by atoms with Gasteiger partial charge in [-0.1, -0.05) is 37.6 Å². The fraction of sp³-hybridized carbons (Fsp3) is 0.492. The van der Waals surface area contributed by atoms with Gasteiger partial charge >= 0.3 is 115 Å². The summed E-state index contributed by atoms with van der Waals surface area (Å²) < 4.78 is 106. The quantitative estimate of drug-likeness (QED) is 0.0123. The van der Waals surface area contributed by atoms with Crippen LogP contribution in [0.1, 0.15) is 36.0 Å². The first-order chi connectivity index (χ1) is 44.3. The number of hydrogen-bond acceptors (Lipinski definition) is 27. The monoisotopic (exact) mass is 1420 g/mol. The summed E-state index contributed by atoms with van der Waals surface area (Å²) in [6.45, 7) is 14.7. The maximum absolute atomic E-state index is 13.5. The van der Waals surface area contributed by atoms with Crippen molar-refractivity contribution < 1.29 is 214 Å². The van der Waals surface area contributed by atoms with Crippen LogP contribution >= 0.6 is 23.2 Å². The minimum absolute atomic E-state index is 0. The topological polar surface area (TPSA) is 318 Å².